The van der Waals surface area contributed by atoms with Crippen LogP contribution in [-0.2, 0) is 16.3 Å². The maximum atomic E-state index is 11.5. The Morgan fingerprint density at radius 1 is 1.21 bits per heavy atom. The molecule has 0 aliphatic heterocycles. The number of fused-ring (bicyclic) bond motifs is 2. The van der Waals surface area contributed by atoms with Crippen molar-refractivity contribution in [3.63, 3.8) is 0 Å². The van der Waals surface area contributed by atoms with Crippen LogP contribution in [0.4, 0.5) is 0 Å². The van der Waals surface area contributed by atoms with Crippen molar-refractivity contribution in [2.75, 3.05) is 18.6 Å². The highest BCUT2D eigenvalue weighted by Gasteiger charge is 2.24. The van der Waals surface area contributed by atoms with Crippen LogP contribution < -0.4 is 5.32 Å². The van der Waals surface area contributed by atoms with Gasteiger partial charge in [0.2, 0.25) is 5.82 Å². The van der Waals surface area contributed by atoms with Crippen LogP contribution in [-0.4, -0.2) is 41.7 Å². The molecule has 34 heavy (non-hydrogen) atoms. The second-order valence-corrected chi connectivity index (χ2v) is 11.7. The summed E-state index contributed by atoms with van der Waals surface area (Å²) >= 11 is 0. The summed E-state index contributed by atoms with van der Waals surface area (Å²) in [7, 11) is -2.99. The van der Waals surface area contributed by atoms with Crippen molar-refractivity contribution in [3.8, 4) is 22.8 Å². The van der Waals surface area contributed by atoms with E-state index in [0.29, 0.717) is 24.3 Å². The van der Waals surface area contributed by atoms with E-state index >= 15 is 0 Å². The van der Waals surface area contributed by atoms with E-state index in [9.17, 15) is 8.42 Å². The van der Waals surface area contributed by atoms with Crippen molar-refractivity contribution < 1.29 is 12.9 Å². The summed E-state index contributed by atoms with van der Waals surface area (Å²) < 4.78 is 30.9. The molecule has 0 spiro atoms. The summed E-state index contributed by atoms with van der Waals surface area (Å²) in [5.41, 5.74) is 5.47. The van der Waals surface area contributed by atoms with Gasteiger partial charge in [-0.3, -0.25) is 0 Å². The molecule has 2 aromatic heterocycles. The zero-order valence-corrected chi connectivity index (χ0v) is 20.6. The largest absolute Gasteiger partial charge is 0.345 e. The van der Waals surface area contributed by atoms with Crippen LogP contribution in [0.25, 0.3) is 33.7 Å². The smallest absolute Gasteiger partial charge is 0.258 e. The molecule has 1 atom stereocenters. The number of hydrogen-bond donors (Lipinski definition) is 1. The van der Waals surface area contributed by atoms with Crippen LogP contribution in [0.2, 0.25) is 0 Å². The molecule has 178 valence electrons. The third-order valence-corrected chi connectivity index (χ3v) is 7.51. The molecule has 2 heterocycles. The molecule has 0 bridgehead atoms. The van der Waals surface area contributed by atoms with Crippen LogP contribution in [0.3, 0.4) is 0 Å². The van der Waals surface area contributed by atoms with Gasteiger partial charge in [-0.15, -0.1) is 0 Å². The predicted octanol–water partition coefficient (Wildman–Crippen LogP) is 4.95. The van der Waals surface area contributed by atoms with Gasteiger partial charge in [-0.1, -0.05) is 23.4 Å². The number of nitrogens with one attached hydrogen (secondary N) is 1. The molecule has 0 radical (unpaired) electrons. The van der Waals surface area contributed by atoms with E-state index in [-0.39, 0.29) is 11.8 Å². The Morgan fingerprint density at radius 2 is 2.06 bits per heavy atom. The fourth-order valence-corrected chi connectivity index (χ4v) is 5.37. The summed E-state index contributed by atoms with van der Waals surface area (Å²) in [5, 5.41) is 8.88. The number of sulfone groups is 1. The average molecular weight is 479 g/mol. The molecule has 1 aliphatic carbocycles. The van der Waals surface area contributed by atoms with Crippen molar-refractivity contribution >= 4 is 20.7 Å². The fraction of sp³-hybridized carbons (Fsp3) is 0.385. The second-order valence-electron chi connectivity index (χ2n) is 9.42. The minimum Gasteiger partial charge on any atom is -0.345 e. The summed E-state index contributed by atoms with van der Waals surface area (Å²) in [6.07, 6.45) is 6.32. The van der Waals surface area contributed by atoms with E-state index in [1.807, 2.05) is 18.2 Å². The Bertz CT molecular complexity index is 1440. The number of rotatable bonds is 7. The molecule has 1 unspecified atom stereocenters. The Balaban J connectivity index is 1.42. The van der Waals surface area contributed by atoms with E-state index in [2.05, 4.69) is 59.4 Å². The van der Waals surface area contributed by atoms with E-state index in [4.69, 9.17) is 9.51 Å². The van der Waals surface area contributed by atoms with Gasteiger partial charge < -0.3 is 14.4 Å². The first-order valence-electron chi connectivity index (χ1n) is 11.8. The second kappa shape index (κ2) is 9.00. The SMILES string of the molecule is CC(C)n1ccc2cc(-c3nc(-c4cccc5c4CCCC5NCCS(C)(=O)=O)no3)ccc21. The third kappa shape index (κ3) is 4.52. The minimum absolute atomic E-state index is 0.129. The molecule has 0 fully saturated rings. The van der Waals surface area contributed by atoms with Gasteiger partial charge >= 0.3 is 0 Å². The Labute approximate surface area is 200 Å². The predicted molar refractivity (Wildman–Crippen MR) is 134 cm³/mol. The molecule has 0 saturated heterocycles. The Kier molecular flexibility index (Phi) is 6.04. The summed E-state index contributed by atoms with van der Waals surface area (Å²) in [6.45, 7) is 4.79. The van der Waals surface area contributed by atoms with Gasteiger partial charge in [0, 0.05) is 53.1 Å². The van der Waals surface area contributed by atoms with Crippen molar-refractivity contribution in [1.82, 2.24) is 20.0 Å². The third-order valence-electron chi connectivity index (χ3n) is 6.56. The van der Waals surface area contributed by atoms with Gasteiger partial charge in [0.1, 0.15) is 9.84 Å². The van der Waals surface area contributed by atoms with Gasteiger partial charge in [0.25, 0.3) is 5.89 Å². The maximum Gasteiger partial charge on any atom is 0.258 e. The Hall–Kier alpha value is -2.97. The van der Waals surface area contributed by atoms with Crippen molar-refractivity contribution in [3.05, 3.63) is 59.8 Å². The zero-order chi connectivity index (χ0) is 23.9. The number of nitrogens with zero attached hydrogens (tertiary/aromatic N) is 3. The van der Waals surface area contributed by atoms with Crippen LogP contribution in [0.15, 0.2) is 53.2 Å². The van der Waals surface area contributed by atoms with Crippen LogP contribution in [0.1, 0.15) is 49.9 Å². The molecular formula is C26H30N4O3S. The maximum absolute atomic E-state index is 11.5. The monoisotopic (exact) mass is 478 g/mol. The summed E-state index contributed by atoms with van der Waals surface area (Å²) in [6, 6.07) is 15.0. The van der Waals surface area contributed by atoms with E-state index in [0.717, 1.165) is 35.8 Å². The molecule has 1 N–H and O–H groups in total. The molecule has 1 aliphatic rings. The average Bonchev–Trinajstić information content (AvgIpc) is 3.45. The van der Waals surface area contributed by atoms with Crippen LogP contribution >= 0.6 is 0 Å². The van der Waals surface area contributed by atoms with Gasteiger partial charge in [-0.2, -0.15) is 4.98 Å². The van der Waals surface area contributed by atoms with Crippen molar-refractivity contribution in [2.24, 2.45) is 0 Å². The van der Waals surface area contributed by atoms with Gasteiger partial charge in [0.05, 0.1) is 5.75 Å². The molecule has 8 heteroatoms. The highest BCUT2D eigenvalue weighted by Crippen LogP contribution is 2.36. The molecule has 0 amide bonds. The number of benzene rings is 2. The zero-order valence-electron chi connectivity index (χ0n) is 19.8. The number of hydrogen-bond acceptors (Lipinski definition) is 6. The standard InChI is InChI=1S/C26H30N4O3S/c1-17(2)30-14-12-18-16-19(10-11-24(18)30)26-28-25(29-33-26)22-8-4-7-21-20(22)6-5-9-23(21)27-13-15-34(3,31)32/h4,7-8,10-12,14,16-17,23,27H,5-6,9,13,15H2,1-3H3. The molecule has 4 aromatic rings. The van der Waals surface area contributed by atoms with E-state index in [1.165, 1.54) is 22.9 Å². The fourth-order valence-electron chi connectivity index (χ4n) is 4.89. The van der Waals surface area contributed by atoms with Gasteiger partial charge in [-0.05, 0) is 68.5 Å². The lowest BCUT2D eigenvalue weighted by atomic mass is 9.84. The van der Waals surface area contributed by atoms with E-state index in [1.54, 1.807) is 0 Å². The normalized spacial score (nSPS) is 16.3. The van der Waals surface area contributed by atoms with Gasteiger partial charge in [0.15, 0.2) is 0 Å². The summed E-state index contributed by atoms with van der Waals surface area (Å²) in [5.74, 6) is 1.23. The lowest BCUT2D eigenvalue weighted by Crippen LogP contribution is -2.29. The molecule has 5 rings (SSSR count). The van der Waals surface area contributed by atoms with Crippen LogP contribution in [0, 0.1) is 0 Å². The van der Waals surface area contributed by atoms with Crippen molar-refractivity contribution in [2.45, 2.75) is 45.2 Å². The highest BCUT2D eigenvalue weighted by molar-refractivity contribution is 7.90. The Morgan fingerprint density at radius 3 is 2.85 bits per heavy atom. The van der Waals surface area contributed by atoms with Crippen molar-refractivity contribution in [1.29, 1.82) is 0 Å². The number of aromatic nitrogens is 3. The summed E-state index contributed by atoms with van der Waals surface area (Å²) in [4.78, 5) is 4.74. The first-order valence-corrected chi connectivity index (χ1v) is 13.8. The van der Waals surface area contributed by atoms with Crippen LogP contribution in [0.5, 0.6) is 0 Å². The van der Waals surface area contributed by atoms with E-state index < -0.39 is 9.84 Å². The molecule has 2 aromatic carbocycles. The highest BCUT2D eigenvalue weighted by atomic mass is 32.2. The first-order chi connectivity index (χ1) is 16.3. The lowest BCUT2D eigenvalue weighted by molar-refractivity contribution is 0.432. The minimum atomic E-state index is -2.99. The topological polar surface area (TPSA) is 90.0 Å². The molecule has 7 nitrogen and oxygen atoms in total. The van der Waals surface area contributed by atoms with Gasteiger partial charge in [-0.25, -0.2) is 8.42 Å². The molecular weight excluding hydrogens is 448 g/mol. The first kappa shape index (κ1) is 22.8. The molecule has 0 saturated carbocycles. The lowest BCUT2D eigenvalue weighted by Gasteiger charge is -2.27. The quantitative estimate of drug-likeness (QED) is 0.404.